The normalized spacial score (nSPS) is 11.1. The number of carbonyl (C=O) groups excluding carboxylic acids is 1. The van der Waals surface area contributed by atoms with Crippen LogP contribution in [0.2, 0.25) is 0 Å². The van der Waals surface area contributed by atoms with Gasteiger partial charge in [0.2, 0.25) is 0 Å². The highest BCUT2D eigenvalue weighted by atomic mass is 16.5. The van der Waals surface area contributed by atoms with Gasteiger partial charge in [0.25, 0.3) is 0 Å². The number of fused-ring (bicyclic) bond motifs is 2. The molecule has 0 amide bonds. The van der Waals surface area contributed by atoms with Crippen LogP contribution < -0.4 is 9.47 Å². The number of carboxylic acid groups (broad SMARTS) is 1. The second-order valence-electron chi connectivity index (χ2n) is 12.0. The van der Waals surface area contributed by atoms with Gasteiger partial charge < -0.3 is 28.5 Å². The first-order chi connectivity index (χ1) is 23.2. The minimum absolute atomic E-state index is 0.0784. The third-order valence-corrected chi connectivity index (χ3v) is 7.85. The summed E-state index contributed by atoms with van der Waals surface area (Å²) >= 11 is 0. The summed E-state index contributed by atoms with van der Waals surface area (Å²) in [5.41, 5.74) is 5.00. The van der Waals surface area contributed by atoms with E-state index in [4.69, 9.17) is 14.2 Å². The van der Waals surface area contributed by atoms with E-state index >= 15 is 0 Å². The lowest BCUT2D eigenvalue weighted by Crippen LogP contribution is -2.13. The van der Waals surface area contributed by atoms with Gasteiger partial charge in [-0.2, -0.15) is 0 Å². The van der Waals surface area contributed by atoms with Gasteiger partial charge in [-0.3, -0.25) is 0 Å². The predicted octanol–water partition coefficient (Wildman–Crippen LogP) is 9.48. The maximum atomic E-state index is 12.3. The first-order valence-electron chi connectivity index (χ1n) is 16.2. The quantitative estimate of drug-likeness (QED) is 0.141. The van der Waals surface area contributed by atoms with Gasteiger partial charge in [-0.05, 0) is 94.3 Å². The van der Waals surface area contributed by atoms with Gasteiger partial charge in [-0.1, -0.05) is 60.7 Å². The van der Waals surface area contributed by atoms with Gasteiger partial charge in [0.1, 0.15) is 36.1 Å². The van der Waals surface area contributed by atoms with E-state index in [0.29, 0.717) is 31.2 Å². The molecule has 0 aliphatic rings. The molecule has 2 heterocycles. The number of hydrogen-bond acceptors (Lipinski definition) is 5. The van der Waals surface area contributed by atoms with Gasteiger partial charge in [0.15, 0.2) is 0 Å². The Morgan fingerprint density at radius 3 is 1.48 bits per heavy atom. The first-order valence-corrected chi connectivity index (χ1v) is 16.2. The predicted molar refractivity (Wildman–Crippen MR) is 189 cm³/mol. The molecule has 0 aliphatic carbocycles. The summed E-state index contributed by atoms with van der Waals surface area (Å²) in [7, 11) is 0. The molecular weight excluding hydrogens is 604 g/mol. The van der Waals surface area contributed by atoms with Crippen molar-refractivity contribution >= 4 is 33.7 Å². The molecule has 48 heavy (non-hydrogen) atoms. The average Bonchev–Trinajstić information content (AvgIpc) is 3.67. The van der Waals surface area contributed by atoms with Crippen molar-refractivity contribution in [3.63, 3.8) is 0 Å². The SMILES string of the molecule is CC(C)n1c(C(=O)O)cc2cc(OCc3ccccc3)ccc21.CCOC(=O)c1cc2cc(OCc3ccccc3)ccc2n1C(C)C. The minimum atomic E-state index is -0.915. The lowest BCUT2D eigenvalue weighted by Gasteiger charge is -2.14. The van der Waals surface area contributed by atoms with Crippen LogP contribution in [0.3, 0.4) is 0 Å². The van der Waals surface area contributed by atoms with E-state index in [1.807, 2.05) is 133 Å². The number of carbonyl (C=O) groups is 2. The molecule has 8 heteroatoms. The van der Waals surface area contributed by atoms with E-state index in [2.05, 4.69) is 13.8 Å². The van der Waals surface area contributed by atoms with Crippen molar-refractivity contribution in [2.24, 2.45) is 0 Å². The molecule has 8 nitrogen and oxygen atoms in total. The summed E-state index contributed by atoms with van der Waals surface area (Å²) in [4.78, 5) is 23.7. The Morgan fingerprint density at radius 1 is 0.625 bits per heavy atom. The summed E-state index contributed by atoms with van der Waals surface area (Å²) in [6.07, 6.45) is 0. The zero-order valence-corrected chi connectivity index (χ0v) is 28.1. The zero-order chi connectivity index (χ0) is 34.2. The smallest absolute Gasteiger partial charge is 0.354 e. The van der Waals surface area contributed by atoms with Crippen LogP contribution in [-0.2, 0) is 18.0 Å². The second kappa shape index (κ2) is 15.4. The topological polar surface area (TPSA) is 91.9 Å². The molecule has 6 aromatic rings. The number of benzene rings is 4. The van der Waals surface area contributed by atoms with Crippen molar-refractivity contribution in [2.75, 3.05) is 6.61 Å². The molecule has 0 fully saturated rings. The van der Waals surface area contributed by atoms with Crippen LogP contribution in [0.1, 0.15) is 78.8 Å². The molecule has 0 saturated heterocycles. The Bertz CT molecular complexity index is 1990. The number of carboxylic acids is 1. The van der Waals surface area contributed by atoms with Crippen LogP contribution in [0.25, 0.3) is 21.8 Å². The fourth-order valence-corrected chi connectivity index (χ4v) is 5.73. The lowest BCUT2D eigenvalue weighted by molar-refractivity contribution is 0.0512. The molecule has 0 aliphatic heterocycles. The zero-order valence-electron chi connectivity index (χ0n) is 28.1. The third-order valence-electron chi connectivity index (χ3n) is 7.85. The fourth-order valence-electron chi connectivity index (χ4n) is 5.73. The summed E-state index contributed by atoms with van der Waals surface area (Å²) in [6.45, 7) is 11.3. The molecule has 0 atom stereocenters. The maximum Gasteiger partial charge on any atom is 0.354 e. The first kappa shape index (κ1) is 33.9. The molecule has 0 unspecified atom stereocenters. The largest absolute Gasteiger partial charge is 0.489 e. The Morgan fingerprint density at radius 2 is 1.06 bits per heavy atom. The molecule has 2 aromatic heterocycles. The van der Waals surface area contributed by atoms with E-state index in [0.717, 1.165) is 44.4 Å². The number of nitrogens with zero attached hydrogens (tertiary/aromatic N) is 2. The van der Waals surface area contributed by atoms with Crippen LogP contribution in [0, 0.1) is 0 Å². The molecule has 1 N–H and O–H groups in total. The fraction of sp³-hybridized carbons (Fsp3) is 0.250. The Balaban J connectivity index is 0.000000188. The number of ether oxygens (including phenoxy) is 3. The van der Waals surface area contributed by atoms with E-state index < -0.39 is 5.97 Å². The molecule has 0 spiro atoms. The summed E-state index contributed by atoms with van der Waals surface area (Å²) in [6, 6.07) is 35.4. The highest BCUT2D eigenvalue weighted by Gasteiger charge is 2.19. The molecular formula is C40H42N2O6. The summed E-state index contributed by atoms with van der Waals surface area (Å²) in [5.74, 6) is 0.313. The highest BCUT2D eigenvalue weighted by Crippen LogP contribution is 2.30. The number of rotatable bonds is 11. The van der Waals surface area contributed by atoms with E-state index in [1.165, 1.54) is 0 Å². The second-order valence-corrected chi connectivity index (χ2v) is 12.0. The average molecular weight is 647 g/mol. The van der Waals surface area contributed by atoms with Crippen LogP contribution in [0.15, 0.2) is 109 Å². The Hall–Kier alpha value is -5.50. The monoisotopic (exact) mass is 646 g/mol. The summed E-state index contributed by atoms with van der Waals surface area (Å²) in [5, 5.41) is 11.2. The lowest BCUT2D eigenvalue weighted by atomic mass is 10.2. The number of esters is 1. The van der Waals surface area contributed by atoms with Crippen molar-refractivity contribution in [1.82, 2.24) is 9.13 Å². The van der Waals surface area contributed by atoms with Crippen LogP contribution in [-0.4, -0.2) is 32.8 Å². The Kier molecular flexibility index (Phi) is 10.9. The minimum Gasteiger partial charge on any atom is -0.489 e. The van der Waals surface area contributed by atoms with Crippen molar-refractivity contribution in [1.29, 1.82) is 0 Å². The number of hydrogen-bond donors (Lipinski definition) is 1. The molecule has 248 valence electrons. The van der Waals surface area contributed by atoms with E-state index in [9.17, 15) is 14.7 Å². The van der Waals surface area contributed by atoms with Crippen molar-refractivity contribution in [3.8, 4) is 11.5 Å². The van der Waals surface area contributed by atoms with Gasteiger partial charge in [-0.25, -0.2) is 9.59 Å². The molecule has 6 rings (SSSR count). The van der Waals surface area contributed by atoms with Crippen LogP contribution in [0.5, 0.6) is 11.5 Å². The molecule has 4 aromatic carbocycles. The maximum absolute atomic E-state index is 12.3. The highest BCUT2D eigenvalue weighted by molar-refractivity contribution is 5.96. The van der Waals surface area contributed by atoms with Gasteiger partial charge in [0, 0.05) is 33.9 Å². The van der Waals surface area contributed by atoms with Crippen molar-refractivity contribution in [3.05, 3.63) is 132 Å². The van der Waals surface area contributed by atoms with Crippen LogP contribution >= 0.6 is 0 Å². The van der Waals surface area contributed by atoms with Gasteiger partial charge >= 0.3 is 11.9 Å². The van der Waals surface area contributed by atoms with Crippen molar-refractivity contribution < 1.29 is 28.9 Å². The number of aromatic carboxylic acids is 1. The molecule has 0 radical (unpaired) electrons. The standard InChI is InChI=1S/C21H23NO3.C19H19NO3/c1-4-24-21(23)20-13-17-12-18(10-11-19(17)22(20)15(2)3)25-14-16-8-6-5-7-9-16;1-13(2)20-17-9-8-16(10-15(17)11-18(20)19(21)22)23-12-14-6-4-3-5-7-14/h5-13,15H,4,14H2,1-3H3;3-11,13H,12H2,1-2H3,(H,21,22). The Labute approximate surface area is 281 Å². The molecule has 0 bridgehead atoms. The molecule has 0 saturated carbocycles. The van der Waals surface area contributed by atoms with E-state index in [-0.39, 0.29) is 18.1 Å². The van der Waals surface area contributed by atoms with E-state index in [1.54, 1.807) is 6.07 Å². The summed E-state index contributed by atoms with van der Waals surface area (Å²) < 4.78 is 20.7. The number of aromatic nitrogens is 2. The van der Waals surface area contributed by atoms with Gasteiger partial charge in [-0.15, -0.1) is 0 Å². The van der Waals surface area contributed by atoms with Crippen molar-refractivity contribution in [2.45, 2.75) is 59.9 Å². The third kappa shape index (κ3) is 7.89. The van der Waals surface area contributed by atoms with Crippen LogP contribution in [0.4, 0.5) is 0 Å². The van der Waals surface area contributed by atoms with Gasteiger partial charge in [0.05, 0.1) is 6.61 Å².